The predicted molar refractivity (Wildman–Crippen MR) is 162 cm³/mol. The second kappa shape index (κ2) is 14.4. The number of hydrogen-bond donors (Lipinski definition) is 1. The van der Waals surface area contributed by atoms with Crippen LogP contribution in [0.2, 0.25) is 0 Å². The number of benzene rings is 1. The number of carbonyl (C=O) groups excluding carboxylic acids is 1. The summed E-state index contributed by atoms with van der Waals surface area (Å²) in [5, 5.41) is 10.6. The zero-order chi connectivity index (χ0) is 31.1. The molecule has 11 heteroatoms. The molecule has 1 saturated heterocycles. The molecule has 3 atom stereocenters. The van der Waals surface area contributed by atoms with Crippen molar-refractivity contribution in [2.75, 3.05) is 67.8 Å². The van der Waals surface area contributed by atoms with Gasteiger partial charge in [-0.25, -0.2) is 4.98 Å². The SMILES string of the molecule is CCCCN(CCCC[N+](C)(C)C)C(=O)CN1C[C@H](c2cc(OC)c3c(c2)OCO3)C(C(=O)O)[C@@H]1CCc1ncc(C)o1. The number of aryl methyl sites for hydroxylation is 2. The molecular weight excluding hydrogens is 552 g/mol. The van der Waals surface area contributed by atoms with E-state index in [1.54, 1.807) is 13.3 Å². The molecule has 2 aromatic rings. The summed E-state index contributed by atoms with van der Waals surface area (Å²) in [5.41, 5.74) is 0.795. The third kappa shape index (κ3) is 8.41. The number of rotatable bonds is 16. The van der Waals surface area contributed by atoms with Gasteiger partial charge in [-0.1, -0.05) is 13.3 Å². The second-order valence-electron chi connectivity index (χ2n) is 12.8. The fourth-order valence-corrected chi connectivity index (χ4v) is 6.22. The van der Waals surface area contributed by atoms with Gasteiger partial charge in [0.05, 0.1) is 53.5 Å². The Bertz CT molecular complexity index is 1240. The molecule has 11 nitrogen and oxygen atoms in total. The number of methoxy groups -OCH3 is 1. The molecule has 2 aliphatic heterocycles. The highest BCUT2D eigenvalue weighted by atomic mass is 16.7. The molecule has 0 radical (unpaired) electrons. The fourth-order valence-electron chi connectivity index (χ4n) is 6.22. The first-order chi connectivity index (χ1) is 20.5. The summed E-state index contributed by atoms with van der Waals surface area (Å²) >= 11 is 0. The normalized spacial score (nSPS) is 20.0. The smallest absolute Gasteiger partial charge is 0.308 e. The molecule has 1 aromatic carbocycles. The maximum atomic E-state index is 13.8. The molecule has 0 aliphatic carbocycles. The van der Waals surface area contributed by atoms with Gasteiger partial charge in [0.1, 0.15) is 5.76 Å². The standard InChI is InChI=1S/C32H48N4O7/c1-7-8-13-34(14-9-10-15-36(3,4)5)29(37)20-35-19-24(23-16-26(40-6)31-27(17-23)41-21-42-31)30(32(38)39)25(35)11-12-28-33-18-22(2)43-28/h16-18,24-25,30H,7-15,19-21H2,1-6H3/p+1/t24-,25+,30?/m1/s1. The number of aliphatic carboxylic acids is 1. The Hall–Kier alpha value is -3.31. The number of unbranched alkanes of at least 4 members (excludes halogenated alkanes) is 2. The lowest BCUT2D eigenvalue weighted by Gasteiger charge is -2.30. The maximum Gasteiger partial charge on any atom is 0.308 e. The molecule has 0 spiro atoms. The summed E-state index contributed by atoms with van der Waals surface area (Å²) in [5.74, 6) is 0.886. The van der Waals surface area contributed by atoms with E-state index in [1.165, 1.54) is 0 Å². The third-order valence-electron chi connectivity index (χ3n) is 8.44. The maximum absolute atomic E-state index is 13.8. The van der Waals surface area contributed by atoms with Crippen molar-refractivity contribution >= 4 is 11.9 Å². The van der Waals surface area contributed by atoms with Crippen LogP contribution in [0.3, 0.4) is 0 Å². The number of fused-ring (bicyclic) bond motifs is 1. The zero-order valence-electron chi connectivity index (χ0n) is 26.6. The summed E-state index contributed by atoms with van der Waals surface area (Å²) in [4.78, 5) is 35.1. The van der Waals surface area contributed by atoms with Gasteiger partial charge in [-0.3, -0.25) is 14.5 Å². The predicted octanol–water partition coefficient (Wildman–Crippen LogP) is 3.94. The minimum Gasteiger partial charge on any atom is -0.493 e. The lowest BCUT2D eigenvalue weighted by atomic mass is 9.83. The summed E-state index contributed by atoms with van der Waals surface area (Å²) in [6.45, 7) is 7.10. The van der Waals surface area contributed by atoms with Crippen molar-refractivity contribution in [3.8, 4) is 17.2 Å². The molecule has 3 heterocycles. The van der Waals surface area contributed by atoms with Crippen LogP contribution < -0.4 is 14.2 Å². The van der Waals surface area contributed by atoms with Crippen LogP contribution in [-0.4, -0.2) is 110 Å². The van der Waals surface area contributed by atoms with Gasteiger partial charge in [0.2, 0.25) is 18.4 Å². The Balaban J connectivity index is 1.58. The highest BCUT2D eigenvalue weighted by Crippen LogP contribution is 2.47. The second-order valence-corrected chi connectivity index (χ2v) is 12.8. The number of nitrogens with zero attached hydrogens (tertiary/aromatic N) is 4. The van der Waals surface area contributed by atoms with E-state index in [2.05, 4.69) is 38.0 Å². The minimum absolute atomic E-state index is 0.0451. The summed E-state index contributed by atoms with van der Waals surface area (Å²) in [6.07, 6.45) is 6.57. The highest BCUT2D eigenvalue weighted by Gasteiger charge is 2.47. The number of quaternary nitrogens is 1. The molecule has 0 bridgehead atoms. The molecule has 1 N–H and O–H groups in total. The first kappa shape index (κ1) is 32.6. The summed E-state index contributed by atoms with van der Waals surface area (Å²) in [7, 11) is 8.09. The van der Waals surface area contributed by atoms with Gasteiger partial charge >= 0.3 is 5.97 Å². The monoisotopic (exact) mass is 601 g/mol. The zero-order valence-corrected chi connectivity index (χ0v) is 26.6. The number of amides is 1. The van der Waals surface area contributed by atoms with Gasteiger partial charge in [0, 0.05) is 38.0 Å². The van der Waals surface area contributed by atoms with Crippen LogP contribution in [0.15, 0.2) is 22.7 Å². The van der Waals surface area contributed by atoms with E-state index in [-0.39, 0.29) is 31.2 Å². The minimum atomic E-state index is -0.895. The summed E-state index contributed by atoms with van der Waals surface area (Å²) < 4.78 is 23.4. The molecule has 0 saturated carbocycles. The first-order valence-electron chi connectivity index (χ1n) is 15.4. The molecule has 4 rings (SSSR count). The third-order valence-corrected chi connectivity index (χ3v) is 8.44. The van der Waals surface area contributed by atoms with Gasteiger partial charge < -0.3 is 33.1 Å². The Kier molecular flexibility index (Phi) is 10.9. The van der Waals surface area contributed by atoms with E-state index in [4.69, 9.17) is 18.6 Å². The number of ether oxygens (including phenoxy) is 3. The van der Waals surface area contributed by atoms with Gasteiger partial charge in [-0.05, 0) is 50.3 Å². The average Bonchev–Trinajstić information content (AvgIpc) is 3.68. The van der Waals surface area contributed by atoms with Crippen LogP contribution in [0.4, 0.5) is 0 Å². The number of aromatic nitrogens is 1. The highest BCUT2D eigenvalue weighted by molar-refractivity contribution is 5.79. The van der Waals surface area contributed by atoms with Crippen molar-refractivity contribution in [2.24, 2.45) is 5.92 Å². The molecule has 1 fully saturated rings. The van der Waals surface area contributed by atoms with Crippen LogP contribution in [0, 0.1) is 12.8 Å². The molecule has 238 valence electrons. The van der Waals surface area contributed by atoms with Crippen molar-refractivity contribution in [2.45, 2.75) is 64.3 Å². The van der Waals surface area contributed by atoms with Crippen molar-refractivity contribution in [3.63, 3.8) is 0 Å². The van der Waals surface area contributed by atoms with Crippen LogP contribution in [-0.2, 0) is 16.0 Å². The molecular formula is C32H49N4O7+. The van der Waals surface area contributed by atoms with Gasteiger partial charge in [0.15, 0.2) is 17.4 Å². The van der Waals surface area contributed by atoms with E-state index in [0.717, 1.165) is 42.3 Å². The molecule has 1 aromatic heterocycles. The van der Waals surface area contributed by atoms with E-state index in [9.17, 15) is 14.7 Å². The van der Waals surface area contributed by atoms with E-state index in [0.29, 0.717) is 61.4 Å². The van der Waals surface area contributed by atoms with Crippen molar-refractivity contribution < 1.29 is 37.8 Å². The lowest BCUT2D eigenvalue weighted by molar-refractivity contribution is -0.870. The molecule has 1 unspecified atom stereocenters. The number of carboxylic acids is 1. The molecule has 2 aliphatic rings. The molecule has 1 amide bonds. The van der Waals surface area contributed by atoms with Crippen LogP contribution in [0.25, 0.3) is 0 Å². The Morgan fingerprint density at radius 3 is 2.58 bits per heavy atom. The van der Waals surface area contributed by atoms with Crippen molar-refractivity contribution in [3.05, 3.63) is 35.5 Å². The van der Waals surface area contributed by atoms with E-state index < -0.39 is 11.9 Å². The average molecular weight is 602 g/mol. The van der Waals surface area contributed by atoms with E-state index >= 15 is 0 Å². The first-order valence-corrected chi connectivity index (χ1v) is 15.4. The fraction of sp³-hybridized carbons (Fsp3) is 0.656. The Labute approximate surface area is 255 Å². The van der Waals surface area contributed by atoms with Crippen LogP contribution >= 0.6 is 0 Å². The van der Waals surface area contributed by atoms with Gasteiger partial charge in [-0.2, -0.15) is 0 Å². The summed E-state index contributed by atoms with van der Waals surface area (Å²) in [6, 6.07) is 3.31. The van der Waals surface area contributed by atoms with Crippen LogP contribution in [0.1, 0.15) is 62.2 Å². The largest absolute Gasteiger partial charge is 0.493 e. The topological polar surface area (TPSA) is 115 Å². The molecule has 43 heavy (non-hydrogen) atoms. The van der Waals surface area contributed by atoms with E-state index in [1.807, 2.05) is 24.0 Å². The lowest BCUT2D eigenvalue weighted by Crippen LogP contribution is -2.45. The Morgan fingerprint density at radius 1 is 1.16 bits per heavy atom. The van der Waals surface area contributed by atoms with Crippen molar-refractivity contribution in [1.82, 2.24) is 14.8 Å². The van der Waals surface area contributed by atoms with Gasteiger partial charge in [0.25, 0.3) is 0 Å². The number of carboxylic acid groups (broad SMARTS) is 1. The van der Waals surface area contributed by atoms with Gasteiger partial charge in [-0.15, -0.1) is 0 Å². The number of likely N-dealkylation sites (tertiary alicyclic amines) is 1. The number of hydrogen-bond acceptors (Lipinski definition) is 8. The number of oxazole rings is 1. The Morgan fingerprint density at radius 2 is 1.93 bits per heavy atom. The quantitative estimate of drug-likeness (QED) is 0.226. The van der Waals surface area contributed by atoms with Crippen LogP contribution in [0.5, 0.6) is 17.2 Å². The number of carbonyl (C=O) groups is 2. The van der Waals surface area contributed by atoms with Crippen molar-refractivity contribution in [1.29, 1.82) is 0 Å².